The van der Waals surface area contributed by atoms with Crippen molar-refractivity contribution < 1.29 is 4.79 Å². The van der Waals surface area contributed by atoms with Crippen LogP contribution in [0.3, 0.4) is 0 Å². The van der Waals surface area contributed by atoms with Crippen molar-refractivity contribution in [3.63, 3.8) is 0 Å². The molecule has 0 unspecified atom stereocenters. The average molecular weight is 257 g/mol. The fourth-order valence-corrected chi connectivity index (χ4v) is 2.92. The molecule has 0 spiro atoms. The number of rotatable bonds is 7. The molecule has 0 bridgehead atoms. The fourth-order valence-electron chi connectivity index (χ4n) is 1.94. The standard InChI is InChI=1S/C12H23N3OS/c16-12(3-4-13-11-1-2-11)14-5-6-15-7-9-17-10-8-15/h11,13H,1-10H2,(H,14,16). The molecule has 0 aromatic heterocycles. The molecule has 5 heteroatoms. The Kier molecular flexibility index (Phi) is 5.61. The molecule has 2 aliphatic rings. The maximum absolute atomic E-state index is 11.5. The predicted molar refractivity (Wildman–Crippen MR) is 72.4 cm³/mol. The second-order valence-electron chi connectivity index (χ2n) is 4.78. The van der Waals surface area contributed by atoms with Gasteiger partial charge in [0.2, 0.25) is 5.91 Å². The van der Waals surface area contributed by atoms with Crippen molar-refractivity contribution in [2.45, 2.75) is 25.3 Å². The Hall–Kier alpha value is -0.260. The second kappa shape index (κ2) is 7.24. The van der Waals surface area contributed by atoms with Gasteiger partial charge in [0.25, 0.3) is 0 Å². The van der Waals surface area contributed by atoms with E-state index < -0.39 is 0 Å². The summed E-state index contributed by atoms with van der Waals surface area (Å²) in [7, 11) is 0. The minimum atomic E-state index is 0.185. The lowest BCUT2D eigenvalue weighted by atomic mass is 10.3. The Morgan fingerprint density at radius 3 is 2.71 bits per heavy atom. The van der Waals surface area contributed by atoms with Gasteiger partial charge in [0.15, 0.2) is 0 Å². The molecule has 4 nitrogen and oxygen atoms in total. The van der Waals surface area contributed by atoms with Crippen molar-refractivity contribution in [2.75, 3.05) is 44.2 Å². The van der Waals surface area contributed by atoms with Crippen molar-refractivity contribution in [1.29, 1.82) is 0 Å². The normalized spacial score (nSPS) is 21.4. The summed E-state index contributed by atoms with van der Waals surface area (Å²) in [5.74, 6) is 2.66. The summed E-state index contributed by atoms with van der Waals surface area (Å²) in [4.78, 5) is 13.9. The lowest BCUT2D eigenvalue weighted by molar-refractivity contribution is -0.121. The van der Waals surface area contributed by atoms with E-state index in [0.717, 1.165) is 19.6 Å². The zero-order valence-electron chi connectivity index (χ0n) is 10.4. The molecule has 1 aliphatic heterocycles. The number of carbonyl (C=O) groups is 1. The summed E-state index contributed by atoms with van der Waals surface area (Å²) >= 11 is 2.02. The van der Waals surface area contributed by atoms with Crippen molar-refractivity contribution in [3.05, 3.63) is 0 Å². The quantitative estimate of drug-likeness (QED) is 0.688. The lowest BCUT2D eigenvalue weighted by Gasteiger charge is -2.25. The Morgan fingerprint density at radius 2 is 2.00 bits per heavy atom. The largest absolute Gasteiger partial charge is 0.355 e. The van der Waals surface area contributed by atoms with E-state index in [2.05, 4.69) is 15.5 Å². The van der Waals surface area contributed by atoms with E-state index in [4.69, 9.17) is 0 Å². The van der Waals surface area contributed by atoms with E-state index in [1.165, 1.54) is 37.4 Å². The third-order valence-corrected chi connectivity index (χ3v) is 4.16. The summed E-state index contributed by atoms with van der Waals surface area (Å²) in [6, 6.07) is 0.702. The number of amides is 1. The molecule has 17 heavy (non-hydrogen) atoms. The first kappa shape index (κ1) is 13.2. The van der Waals surface area contributed by atoms with E-state index in [1.54, 1.807) is 0 Å². The molecular formula is C12H23N3OS. The van der Waals surface area contributed by atoms with Crippen LogP contribution < -0.4 is 10.6 Å². The highest BCUT2D eigenvalue weighted by molar-refractivity contribution is 7.99. The van der Waals surface area contributed by atoms with Crippen LogP contribution in [-0.4, -0.2) is 61.1 Å². The summed E-state index contributed by atoms with van der Waals surface area (Å²) in [5.41, 5.74) is 0. The van der Waals surface area contributed by atoms with E-state index >= 15 is 0 Å². The predicted octanol–water partition coefficient (Wildman–Crippen LogP) is 0.294. The van der Waals surface area contributed by atoms with Gasteiger partial charge in [-0.3, -0.25) is 9.69 Å². The van der Waals surface area contributed by atoms with Gasteiger partial charge in [-0.2, -0.15) is 11.8 Å². The van der Waals surface area contributed by atoms with Crippen molar-refractivity contribution in [2.24, 2.45) is 0 Å². The van der Waals surface area contributed by atoms with E-state index in [0.29, 0.717) is 12.5 Å². The van der Waals surface area contributed by atoms with Gasteiger partial charge in [-0.05, 0) is 12.8 Å². The van der Waals surface area contributed by atoms with Crippen molar-refractivity contribution in [3.8, 4) is 0 Å². The minimum absolute atomic E-state index is 0.185. The van der Waals surface area contributed by atoms with Gasteiger partial charge < -0.3 is 10.6 Å². The van der Waals surface area contributed by atoms with Gasteiger partial charge in [0.1, 0.15) is 0 Å². The maximum Gasteiger partial charge on any atom is 0.221 e. The molecule has 98 valence electrons. The van der Waals surface area contributed by atoms with Crippen molar-refractivity contribution in [1.82, 2.24) is 15.5 Å². The zero-order chi connectivity index (χ0) is 11.9. The van der Waals surface area contributed by atoms with Crippen LogP contribution in [0, 0.1) is 0 Å². The molecule has 2 N–H and O–H groups in total. The van der Waals surface area contributed by atoms with Crippen LogP contribution in [0.4, 0.5) is 0 Å². The first-order chi connectivity index (χ1) is 8.34. The van der Waals surface area contributed by atoms with Gasteiger partial charge in [-0.1, -0.05) is 0 Å². The number of hydrogen-bond acceptors (Lipinski definition) is 4. The molecule has 0 aromatic rings. The number of hydrogen-bond donors (Lipinski definition) is 2. The van der Waals surface area contributed by atoms with Crippen LogP contribution in [0.5, 0.6) is 0 Å². The number of carbonyl (C=O) groups excluding carboxylic acids is 1. The highest BCUT2D eigenvalue weighted by atomic mass is 32.2. The fraction of sp³-hybridized carbons (Fsp3) is 0.917. The van der Waals surface area contributed by atoms with Crippen LogP contribution in [-0.2, 0) is 4.79 Å². The molecular weight excluding hydrogens is 234 g/mol. The smallest absolute Gasteiger partial charge is 0.221 e. The molecule has 1 amide bonds. The summed E-state index contributed by atoms with van der Waals surface area (Å²) in [6.45, 7) is 4.97. The van der Waals surface area contributed by atoms with Crippen molar-refractivity contribution >= 4 is 17.7 Å². The highest BCUT2D eigenvalue weighted by Gasteiger charge is 2.20. The Labute approximate surface area is 108 Å². The van der Waals surface area contributed by atoms with Crippen LogP contribution >= 0.6 is 11.8 Å². The molecule has 1 aliphatic carbocycles. The molecule has 1 saturated heterocycles. The Bertz CT molecular complexity index is 240. The van der Waals surface area contributed by atoms with Crippen LogP contribution in [0.15, 0.2) is 0 Å². The first-order valence-electron chi connectivity index (χ1n) is 6.65. The van der Waals surface area contributed by atoms with Gasteiger partial charge in [0, 0.05) is 56.7 Å². The molecule has 0 radical (unpaired) electrons. The summed E-state index contributed by atoms with van der Waals surface area (Å²) < 4.78 is 0. The molecule has 1 heterocycles. The number of nitrogens with zero attached hydrogens (tertiary/aromatic N) is 1. The molecule has 2 fully saturated rings. The second-order valence-corrected chi connectivity index (χ2v) is 6.01. The van der Waals surface area contributed by atoms with Crippen LogP contribution in [0.1, 0.15) is 19.3 Å². The van der Waals surface area contributed by atoms with Crippen LogP contribution in [0.2, 0.25) is 0 Å². The topological polar surface area (TPSA) is 44.4 Å². The monoisotopic (exact) mass is 257 g/mol. The van der Waals surface area contributed by atoms with E-state index in [9.17, 15) is 4.79 Å². The average Bonchev–Trinajstić information content (AvgIpc) is 3.14. The number of nitrogens with one attached hydrogen (secondary N) is 2. The maximum atomic E-state index is 11.5. The zero-order valence-corrected chi connectivity index (χ0v) is 11.2. The summed E-state index contributed by atoms with van der Waals surface area (Å²) in [5, 5.41) is 6.35. The third kappa shape index (κ3) is 5.75. The van der Waals surface area contributed by atoms with Gasteiger partial charge in [-0.15, -0.1) is 0 Å². The molecule has 0 atom stereocenters. The summed E-state index contributed by atoms with van der Waals surface area (Å²) in [6.07, 6.45) is 3.19. The van der Waals surface area contributed by atoms with Crippen LogP contribution in [0.25, 0.3) is 0 Å². The Balaban J connectivity index is 1.44. The third-order valence-electron chi connectivity index (χ3n) is 3.22. The Morgan fingerprint density at radius 1 is 1.24 bits per heavy atom. The number of thioether (sulfide) groups is 1. The van der Waals surface area contributed by atoms with E-state index in [1.807, 2.05) is 11.8 Å². The van der Waals surface area contributed by atoms with Gasteiger partial charge >= 0.3 is 0 Å². The SMILES string of the molecule is O=C(CCNC1CC1)NCCN1CCSCC1. The minimum Gasteiger partial charge on any atom is -0.355 e. The molecule has 0 aromatic carbocycles. The lowest BCUT2D eigenvalue weighted by Crippen LogP contribution is -2.39. The van der Waals surface area contributed by atoms with Gasteiger partial charge in [-0.25, -0.2) is 0 Å². The molecule has 2 rings (SSSR count). The highest BCUT2D eigenvalue weighted by Crippen LogP contribution is 2.18. The molecule has 1 saturated carbocycles. The van der Waals surface area contributed by atoms with Gasteiger partial charge in [0.05, 0.1) is 0 Å². The van der Waals surface area contributed by atoms with E-state index in [-0.39, 0.29) is 5.91 Å². The first-order valence-corrected chi connectivity index (χ1v) is 7.80.